The van der Waals surface area contributed by atoms with E-state index >= 15 is 0 Å². The Morgan fingerprint density at radius 2 is 2.28 bits per heavy atom. The van der Waals surface area contributed by atoms with Crippen LogP contribution in [0.15, 0.2) is 22.8 Å². The van der Waals surface area contributed by atoms with Crippen LogP contribution in [0.25, 0.3) is 0 Å². The number of carbonyl (C=O) groups excluding carboxylic acids is 1. The third-order valence-corrected chi connectivity index (χ3v) is 4.08. The van der Waals surface area contributed by atoms with Gasteiger partial charge in [0.2, 0.25) is 10.0 Å². The van der Waals surface area contributed by atoms with Crippen LogP contribution < -0.4 is 5.32 Å². The van der Waals surface area contributed by atoms with Gasteiger partial charge in [-0.15, -0.1) is 0 Å². The summed E-state index contributed by atoms with van der Waals surface area (Å²) in [6.07, 6.45) is 4.42. The average molecular weight is 272 g/mol. The van der Waals surface area contributed by atoms with Gasteiger partial charge in [-0.05, 0) is 25.0 Å². The lowest BCUT2D eigenvalue weighted by atomic mass is 10.4. The SMILES string of the molecule is CS(=O)(=O)N(CCNC(=O)c1ccco1)C1CC1. The Balaban J connectivity index is 1.82. The van der Waals surface area contributed by atoms with E-state index in [-0.39, 0.29) is 24.3 Å². The average Bonchev–Trinajstić information content (AvgIpc) is 2.94. The van der Waals surface area contributed by atoms with Crippen molar-refractivity contribution in [1.29, 1.82) is 0 Å². The van der Waals surface area contributed by atoms with Gasteiger partial charge >= 0.3 is 0 Å². The van der Waals surface area contributed by atoms with Crippen molar-refractivity contribution in [2.24, 2.45) is 0 Å². The molecule has 0 unspecified atom stereocenters. The number of rotatable bonds is 6. The van der Waals surface area contributed by atoms with E-state index in [1.165, 1.54) is 16.8 Å². The normalized spacial score (nSPS) is 15.9. The second-order valence-electron chi connectivity index (χ2n) is 4.34. The number of nitrogens with zero attached hydrogens (tertiary/aromatic N) is 1. The first-order valence-corrected chi connectivity index (χ1v) is 7.62. The van der Waals surface area contributed by atoms with Crippen molar-refractivity contribution in [3.05, 3.63) is 24.2 Å². The minimum Gasteiger partial charge on any atom is -0.459 e. The molecule has 1 amide bonds. The van der Waals surface area contributed by atoms with Crippen LogP contribution in [0.5, 0.6) is 0 Å². The first kappa shape index (κ1) is 13.1. The van der Waals surface area contributed by atoms with E-state index in [2.05, 4.69) is 5.32 Å². The van der Waals surface area contributed by atoms with E-state index in [4.69, 9.17) is 4.42 Å². The predicted octanol–water partition coefficient (Wildman–Crippen LogP) is 0.433. The Bertz CT molecular complexity index is 505. The number of furan rings is 1. The Morgan fingerprint density at radius 1 is 1.56 bits per heavy atom. The maximum atomic E-state index is 11.5. The van der Waals surface area contributed by atoms with Crippen molar-refractivity contribution in [2.45, 2.75) is 18.9 Å². The second kappa shape index (κ2) is 5.11. The van der Waals surface area contributed by atoms with Gasteiger partial charge in [0.25, 0.3) is 5.91 Å². The third kappa shape index (κ3) is 3.33. The van der Waals surface area contributed by atoms with Gasteiger partial charge < -0.3 is 9.73 Å². The van der Waals surface area contributed by atoms with Crippen molar-refractivity contribution >= 4 is 15.9 Å². The highest BCUT2D eigenvalue weighted by atomic mass is 32.2. The molecule has 0 radical (unpaired) electrons. The van der Waals surface area contributed by atoms with Gasteiger partial charge in [-0.1, -0.05) is 0 Å². The van der Waals surface area contributed by atoms with Gasteiger partial charge in [0.05, 0.1) is 12.5 Å². The largest absolute Gasteiger partial charge is 0.459 e. The molecule has 1 N–H and O–H groups in total. The van der Waals surface area contributed by atoms with Crippen molar-refractivity contribution in [3.8, 4) is 0 Å². The molecule has 18 heavy (non-hydrogen) atoms. The maximum absolute atomic E-state index is 11.5. The molecule has 6 nitrogen and oxygen atoms in total. The highest BCUT2D eigenvalue weighted by Gasteiger charge is 2.34. The number of hydrogen-bond acceptors (Lipinski definition) is 4. The van der Waals surface area contributed by atoms with Crippen LogP contribution in [0.1, 0.15) is 23.4 Å². The fraction of sp³-hybridized carbons (Fsp3) is 0.545. The summed E-state index contributed by atoms with van der Waals surface area (Å²) in [5.74, 6) is -0.100. The van der Waals surface area contributed by atoms with Gasteiger partial charge in [0, 0.05) is 19.1 Å². The first-order valence-electron chi connectivity index (χ1n) is 5.77. The van der Waals surface area contributed by atoms with Crippen LogP contribution in [0.3, 0.4) is 0 Å². The molecule has 100 valence electrons. The molecule has 0 aromatic carbocycles. The zero-order valence-corrected chi connectivity index (χ0v) is 10.9. The number of nitrogens with one attached hydrogen (secondary N) is 1. The molecule has 1 saturated carbocycles. The molecule has 1 aromatic heterocycles. The van der Waals surface area contributed by atoms with E-state index in [0.29, 0.717) is 6.54 Å². The lowest BCUT2D eigenvalue weighted by Gasteiger charge is -2.19. The summed E-state index contributed by atoms with van der Waals surface area (Å²) >= 11 is 0. The number of hydrogen-bond donors (Lipinski definition) is 1. The lowest BCUT2D eigenvalue weighted by Crippen LogP contribution is -2.39. The molecule has 1 heterocycles. The van der Waals surface area contributed by atoms with Crippen molar-refractivity contribution in [3.63, 3.8) is 0 Å². The first-order chi connectivity index (χ1) is 8.48. The monoisotopic (exact) mass is 272 g/mol. The second-order valence-corrected chi connectivity index (χ2v) is 6.27. The molecular weight excluding hydrogens is 256 g/mol. The van der Waals surface area contributed by atoms with E-state index < -0.39 is 10.0 Å². The molecule has 2 rings (SSSR count). The molecule has 7 heteroatoms. The Hall–Kier alpha value is -1.34. The van der Waals surface area contributed by atoms with Crippen LogP contribution >= 0.6 is 0 Å². The molecule has 1 fully saturated rings. The molecule has 0 atom stereocenters. The van der Waals surface area contributed by atoms with Crippen LogP contribution in [-0.2, 0) is 10.0 Å². The fourth-order valence-corrected chi connectivity index (χ4v) is 2.93. The van der Waals surface area contributed by atoms with Crippen LogP contribution in [-0.4, -0.2) is 44.0 Å². The number of sulfonamides is 1. The van der Waals surface area contributed by atoms with E-state index in [1.807, 2.05) is 0 Å². The van der Waals surface area contributed by atoms with Crippen LogP contribution in [0.4, 0.5) is 0 Å². The van der Waals surface area contributed by atoms with E-state index in [9.17, 15) is 13.2 Å². The Labute approximate surface area is 106 Å². The maximum Gasteiger partial charge on any atom is 0.287 e. The van der Waals surface area contributed by atoms with E-state index in [0.717, 1.165) is 12.8 Å². The summed E-state index contributed by atoms with van der Waals surface area (Å²) in [6, 6.07) is 3.30. The molecule has 0 spiro atoms. The summed E-state index contributed by atoms with van der Waals surface area (Å²) in [5, 5.41) is 2.63. The minimum absolute atomic E-state index is 0.112. The van der Waals surface area contributed by atoms with Gasteiger partial charge in [-0.25, -0.2) is 8.42 Å². The predicted molar refractivity (Wildman–Crippen MR) is 65.6 cm³/mol. The lowest BCUT2D eigenvalue weighted by molar-refractivity contribution is 0.0923. The standard InChI is InChI=1S/C11H16N2O4S/c1-18(15,16)13(9-4-5-9)7-6-12-11(14)10-3-2-8-17-10/h2-3,8-9H,4-7H2,1H3,(H,12,14). The van der Waals surface area contributed by atoms with Gasteiger partial charge in [-0.3, -0.25) is 4.79 Å². The molecule has 1 aromatic rings. The van der Waals surface area contributed by atoms with Crippen molar-refractivity contribution < 1.29 is 17.6 Å². The summed E-state index contributed by atoms with van der Waals surface area (Å²) in [7, 11) is -3.19. The fourth-order valence-electron chi connectivity index (χ4n) is 1.76. The summed E-state index contributed by atoms with van der Waals surface area (Å²) in [4.78, 5) is 11.5. The van der Waals surface area contributed by atoms with Gasteiger partial charge in [0.1, 0.15) is 0 Å². The van der Waals surface area contributed by atoms with Crippen LogP contribution in [0, 0.1) is 0 Å². The Kier molecular flexibility index (Phi) is 3.72. The highest BCUT2D eigenvalue weighted by Crippen LogP contribution is 2.28. The van der Waals surface area contributed by atoms with Crippen LogP contribution in [0.2, 0.25) is 0 Å². The Morgan fingerprint density at radius 3 is 2.78 bits per heavy atom. The van der Waals surface area contributed by atoms with Crippen molar-refractivity contribution in [1.82, 2.24) is 9.62 Å². The summed E-state index contributed by atoms with van der Waals surface area (Å²) in [6.45, 7) is 0.582. The zero-order chi connectivity index (χ0) is 13.2. The molecule has 0 bridgehead atoms. The van der Waals surface area contributed by atoms with E-state index in [1.54, 1.807) is 12.1 Å². The zero-order valence-electron chi connectivity index (χ0n) is 10.1. The van der Waals surface area contributed by atoms with Gasteiger partial charge in [-0.2, -0.15) is 4.31 Å². The molecule has 1 aliphatic rings. The molecule has 0 aliphatic heterocycles. The highest BCUT2D eigenvalue weighted by molar-refractivity contribution is 7.88. The summed E-state index contributed by atoms with van der Waals surface area (Å²) < 4.78 is 29.4. The quantitative estimate of drug-likeness (QED) is 0.814. The molecule has 0 saturated heterocycles. The van der Waals surface area contributed by atoms with Gasteiger partial charge in [0.15, 0.2) is 5.76 Å². The third-order valence-electron chi connectivity index (χ3n) is 2.74. The molecular formula is C11H16N2O4S. The topological polar surface area (TPSA) is 79.6 Å². The number of amides is 1. The summed E-state index contributed by atoms with van der Waals surface area (Å²) in [5.41, 5.74) is 0. The van der Waals surface area contributed by atoms with Crippen molar-refractivity contribution in [2.75, 3.05) is 19.3 Å². The minimum atomic E-state index is -3.19. The molecule has 1 aliphatic carbocycles. The number of carbonyl (C=O) groups is 1. The smallest absolute Gasteiger partial charge is 0.287 e.